The third-order valence-electron chi connectivity index (χ3n) is 2.58. The van der Waals surface area contributed by atoms with Crippen molar-refractivity contribution >= 4 is 17.1 Å². The average Bonchev–Trinajstić information content (AvgIpc) is 2.33. The first-order chi connectivity index (χ1) is 7.79. The number of aryl methyl sites for hydroxylation is 1. The lowest BCUT2D eigenvalue weighted by molar-refractivity contribution is 1.14. The number of rotatable bonds is 3. The molecule has 0 aliphatic rings. The van der Waals surface area contributed by atoms with Crippen molar-refractivity contribution in [3.63, 3.8) is 0 Å². The topological polar surface area (TPSA) is 38.0 Å². The summed E-state index contributed by atoms with van der Waals surface area (Å²) in [6.07, 6.45) is 1.02. The first-order valence-corrected chi connectivity index (χ1v) is 5.50. The van der Waals surface area contributed by atoms with E-state index in [9.17, 15) is 0 Å². The summed E-state index contributed by atoms with van der Waals surface area (Å²) in [5.74, 6) is 0. The lowest BCUT2D eigenvalue weighted by Crippen LogP contribution is -1.97. The summed E-state index contributed by atoms with van der Waals surface area (Å²) in [6, 6.07) is 16.2. The van der Waals surface area contributed by atoms with Crippen LogP contribution < -0.4 is 11.1 Å². The maximum absolute atomic E-state index is 5.93. The molecular formula is C14H16N2. The van der Waals surface area contributed by atoms with Crippen LogP contribution in [0.1, 0.15) is 12.5 Å². The predicted molar refractivity (Wildman–Crippen MR) is 70.0 cm³/mol. The van der Waals surface area contributed by atoms with Gasteiger partial charge in [-0.25, -0.2) is 0 Å². The molecule has 0 heterocycles. The molecule has 0 saturated carbocycles. The van der Waals surface area contributed by atoms with Gasteiger partial charge in [0.05, 0.1) is 11.4 Å². The average molecular weight is 212 g/mol. The Balaban J connectivity index is 2.27. The van der Waals surface area contributed by atoms with Gasteiger partial charge in [0.15, 0.2) is 0 Å². The zero-order valence-corrected chi connectivity index (χ0v) is 9.40. The van der Waals surface area contributed by atoms with Gasteiger partial charge in [-0.2, -0.15) is 0 Å². The van der Waals surface area contributed by atoms with Crippen molar-refractivity contribution in [1.82, 2.24) is 0 Å². The standard InChI is InChI=1S/C14H16N2/c1-2-11-8-9-13(15)14(10-11)16-12-6-4-3-5-7-12/h3-10,16H,2,15H2,1H3. The quantitative estimate of drug-likeness (QED) is 0.763. The van der Waals surface area contributed by atoms with Gasteiger partial charge in [-0.05, 0) is 36.2 Å². The SMILES string of the molecule is CCc1ccc(N)c(Nc2ccccc2)c1. The molecule has 0 fully saturated rings. The third kappa shape index (κ3) is 2.34. The Kier molecular flexibility index (Phi) is 3.10. The van der Waals surface area contributed by atoms with Gasteiger partial charge in [0.1, 0.15) is 0 Å². The van der Waals surface area contributed by atoms with E-state index in [-0.39, 0.29) is 0 Å². The van der Waals surface area contributed by atoms with Crippen LogP contribution in [0.5, 0.6) is 0 Å². The Morgan fingerprint density at radius 1 is 1.06 bits per heavy atom. The molecule has 3 N–H and O–H groups in total. The fourth-order valence-electron chi connectivity index (χ4n) is 1.61. The van der Waals surface area contributed by atoms with E-state index in [0.29, 0.717) is 0 Å². The van der Waals surface area contributed by atoms with Crippen LogP contribution in [-0.4, -0.2) is 0 Å². The molecule has 16 heavy (non-hydrogen) atoms. The number of nitrogens with one attached hydrogen (secondary N) is 1. The second kappa shape index (κ2) is 4.71. The number of anilines is 3. The summed E-state index contributed by atoms with van der Waals surface area (Å²) in [5.41, 5.74) is 10.0. The van der Waals surface area contributed by atoms with Crippen LogP contribution in [0.25, 0.3) is 0 Å². The number of hydrogen-bond donors (Lipinski definition) is 2. The smallest absolute Gasteiger partial charge is 0.0620 e. The van der Waals surface area contributed by atoms with E-state index >= 15 is 0 Å². The fraction of sp³-hybridized carbons (Fsp3) is 0.143. The summed E-state index contributed by atoms with van der Waals surface area (Å²) >= 11 is 0. The van der Waals surface area contributed by atoms with E-state index < -0.39 is 0 Å². The van der Waals surface area contributed by atoms with Crippen molar-refractivity contribution in [3.8, 4) is 0 Å². The van der Waals surface area contributed by atoms with E-state index in [2.05, 4.69) is 24.4 Å². The highest BCUT2D eigenvalue weighted by Crippen LogP contribution is 2.24. The Labute approximate surface area is 96.1 Å². The molecule has 0 radical (unpaired) electrons. The molecule has 0 amide bonds. The summed E-state index contributed by atoms with van der Waals surface area (Å²) in [4.78, 5) is 0. The maximum Gasteiger partial charge on any atom is 0.0620 e. The highest BCUT2D eigenvalue weighted by atomic mass is 14.9. The molecule has 0 unspecified atom stereocenters. The van der Waals surface area contributed by atoms with Gasteiger partial charge in [-0.3, -0.25) is 0 Å². The van der Waals surface area contributed by atoms with Gasteiger partial charge in [0.25, 0.3) is 0 Å². The number of para-hydroxylation sites is 1. The van der Waals surface area contributed by atoms with Crippen molar-refractivity contribution < 1.29 is 0 Å². The first kappa shape index (κ1) is 10.6. The molecule has 0 saturated heterocycles. The molecule has 0 aromatic heterocycles. The van der Waals surface area contributed by atoms with Crippen LogP contribution in [0.3, 0.4) is 0 Å². The lowest BCUT2D eigenvalue weighted by Gasteiger charge is -2.10. The molecule has 2 nitrogen and oxygen atoms in total. The molecule has 2 rings (SSSR count). The number of benzene rings is 2. The van der Waals surface area contributed by atoms with Crippen LogP contribution in [0.15, 0.2) is 48.5 Å². The van der Waals surface area contributed by atoms with Crippen molar-refractivity contribution in [1.29, 1.82) is 0 Å². The Hall–Kier alpha value is -1.96. The van der Waals surface area contributed by atoms with Gasteiger partial charge < -0.3 is 11.1 Å². The highest BCUT2D eigenvalue weighted by Gasteiger charge is 2.00. The van der Waals surface area contributed by atoms with E-state index in [1.807, 2.05) is 36.4 Å². The van der Waals surface area contributed by atoms with Crippen LogP contribution in [0.4, 0.5) is 17.1 Å². The molecule has 2 heteroatoms. The fourth-order valence-corrected chi connectivity index (χ4v) is 1.61. The minimum absolute atomic E-state index is 0.779. The Morgan fingerprint density at radius 3 is 2.50 bits per heavy atom. The molecule has 0 aliphatic carbocycles. The van der Waals surface area contributed by atoms with Crippen molar-refractivity contribution in [2.45, 2.75) is 13.3 Å². The minimum Gasteiger partial charge on any atom is -0.397 e. The lowest BCUT2D eigenvalue weighted by atomic mass is 10.1. The molecule has 0 aliphatic heterocycles. The van der Waals surface area contributed by atoms with Gasteiger partial charge >= 0.3 is 0 Å². The summed E-state index contributed by atoms with van der Waals surface area (Å²) < 4.78 is 0. The van der Waals surface area contributed by atoms with Gasteiger partial charge in [-0.15, -0.1) is 0 Å². The van der Waals surface area contributed by atoms with Crippen molar-refractivity contribution in [2.24, 2.45) is 0 Å². The van der Waals surface area contributed by atoms with Crippen LogP contribution in [0, 0.1) is 0 Å². The summed E-state index contributed by atoms with van der Waals surface area (Å²) in [5, 5.41) is 3.32. The van der Waals surface area contributed by atoms with Gasteiger partial charge in [0.2, 0.25) is 0 Å². The third-order valence-corrected chi connectivity index (χ3v) is 2.58. The maximum atomic E-state index is 5.93. The Bertz CT molecular complexity index is 463. The van der Waals surface area contributed by atoms with E-state index in [1.165, 1.54) is 5.56 Å². The molecule has 0 atom stereocenters. The van der Waals surface area contributed by atoms with Crippen LogP contribution >= 0.6 is 0 Å². The zero-order valence-electron chi connectivity index (χ0n) is 9.40. The monoisotopic (exact) mass is 212 g/mol. The number of hydrogen-bond acceptors (Lipinski definition) is 2. The van der Waals surface area contributed by atoms with E-state index in [4.69, 9.17) is 5.73 Å². The summed E-state index contributed by atoms with van der Waals surface area (Å²) in [7, 11) is 0. The summed E-state index contributed by atoms with van der Waals surface area (Å²) in [6.45, 7) is 2.14. The molecule has 2 aromatic rings. The van der Waals surface area contributed by atoms with Gasteiger partial charge in [0, 0.05) is 5.69 Å². The van der Waals surface area contributed by atoms with E-state index in [0.717, 1.165) is 23.5 Å². The molecule has 82 valence electrons. The molecular weight excluding hydrogens is 196 g/mol. The molecule has 2 aromatic carbocycles. The highest BCUT2D eigenvalue weighted by molar-refractivity contribution is 5.73. The molecule has 0 bridgehead atoms. The number of nitrogens with two attached hydrogens (primary N) is 1. The predicted octanol–water partition coefficient (Wildman–Crippen LogP) is 3.57. The minimum atomic E-state index is 0.779. The van der Waals surface area contributed by atoms with Crippen LogP contribution in [-0.2, 0) is 6.42 Å². The second-order valence-electron chi connectivity index (χ2n) is 3.77. The van der Waals surface area contributed by atoms with Crippen molar-refractivity contribution in [2.75, 3.05) is 11.1 Å². The zero-order chi connectivity index (χ0) is 11.4. The Morgan fingerprint density at radius 2 is 1.81 bits per heavy atom. The number of nitrogen functional groups attached to an aromatic ring is 1. The van der Waals surface area contributed by atoms with Crippen LogP contribution in [0.2, 0.25) is 0 Å². The largest absolute Gasteiger partial charge is 0.397 e. The van der Waals surface area contributed by atoms with Crippen molar-refractivity contribution in [3.05, 3.63) is 54.1 Å². The normalized spacial score (nSPS) is 10.1. The first-order valence-electron chi connectivity index (χ1n) is 5.50. The second-order valence-corrected chi connectivity index (χ2v) is 3.77. The molecule has 0 spiro atoms. The van der Waals surface area contributed by atoms with E-state index in [1.54, 1.807) is 0 Å². The van der Waals surface area contributed by atoms with Gasteiger partial charge in [-0.1, -0.05) is 31.2 Å².